The third kappa shape index (κ3) is 5.05. The fraction of sp³-hybridized carbons (Fsp3) is 0.188. The second kappa shape index (κ2) is 8.03. The molecule has 0 unspecified atom stereocenters. The highest BCUT2D eigenvalue weighted by Crippen LogP contribution is 2.15. The maximum atomic E-state index is 11.8. The molecule has 0 fully saturated rings. The van der Waals surface area contributed by atoms with E-state index in [1.165, 1.54) is 0 Å². The molecular formula is C16H16Cl2N2O. The van der Waals surface area contributed by atoms with Crippen molar-refractivity contribution < 1.29 is 4.79 Å². The van der Waals surface area contributed by atoms with Crippen LogP contribution in [0.4, 0.5) is 0 Å². The van der Waals surface area contributed by atoms with Crippen LogP contribution in [0.25, 0.3) is 0 Å². The summed E-state index contributed by atoms with van der Waals surface area (Å²) in [7, 11) is 0. The Hall–Kier alpha value is -1.55. The fourth-order valence-electron chi connectivity index (χ4n) is 1.85. The molecule has 2 aromatic carbocycles. The SMILES string of the molecule is O=C(CNCc1ccccc1Cl)NCc1ccccc1Cl. The zero-order valence-corrected chi connectivity index (χ0v) is 12.9. The van der Waals surface area contributed by atoms with Gasteiger partial charge in [0, 0.05) is 23.1 Å². The molecule has 0 atom stereocenters. The Morgan fingerprint density at radius 2 is 1.38 bits per heavy atom. The monoisotopic (exact) mass is 322 g/mol. The number of amides is 1. The molecule has 0 aliphatic rings. The van der Waals surface area contributed by atoms with Crippen molar-refractivity contribution in [2.75, 3.05) is 6.54 Å². The first-order valence-corrected chi connectivity index (χ1v) is 7.36. The number of carbonyl (C=O) groups excluding carboxylic acids is 1. The molecule has 0 aliphatic heterocycles. The van der Waals surface area contributed by atoms with E-state index in [9.17, 15) is 4.79 Å². The number of hydrogen-bond donors (Lipinski definition) is 2. The van der Waals surface area contributed by atoms with E-state index < -0.39 is 0 Å². The van der Waals surface area contributed by atoms with Crippen LogP contribution in [0.15, 0.2) is 48.5 Å². The number of halogens is 2. The van der Waals surface area contributed by atoms with Gasteiger partial charge in [0.05, 0.1) is 6.54 Å². The fourth-order valence-corrected chi connectivity index (χ4v) is 2.26. The van der Waals surface area contributed by atoms with Crippen molar-refractivity contribution in [3.05, 3.63) is 69.7 Å². The maximum absolute atomic E-state index is 11.8. The predicted molar refractivity (Wildman–Crippen MR) is 86.5 cm³/mol. The van der Waals surface area contributed by atoms with E-state index >= 15 is 0 Å². The smallest absolute Gasteiger partial charge is 0.234 e. The second-order valence-corrected chi connectivity index (χ2v) is 5.38. The molecule has 0 spiro atoms. The van der Waals surface area contributed by atoms with Gasteiger partial charge in [-0.05, 0) is 23.3 Å². The molecule has 5 heteroatoms. The molecule has 2 N–H and O–H groups in total. The Morgan fingerprint density at radius 1 is 0.857 bits per heavy atom. The van der Waals surface area contributed by atoms with Gasteiger partial charge in [-0.1, -0.05) is 59.6 Å². The number of carbonyl (C=O) groups is 1. The maximum Gasteiger partial charge on any atom is 0.234 e. The van der Waals surface area contributed by atoms with Gasteiger partial charge in [-0.3, -0.25) is 4.79 Å². The Morgan fingerprint density at radius 3 is 1.95 bits per heavy atom. The Kier molecular flexibility index (Phi) is 6.05. The van der Waals surface area contributed by atoms with E-state index in [1.807, 2.05) is 42.5 Å². The van der Waals surface area contributed by atoms with Crippen molar-refractivity contribution in [1.29, 1.82) is 0 Å². The second-order valence-electron chi connectivity index (χ2n) is 4.56. The molecule has 1 amide bonds. The Bertz CT molecular complexity index is 617. The third-order valence-corrected chi connectivity index (χ3v) is 3.73. The van der Waals surface area contributed by atoms with Crippen LogP contribution in [0.3, 0.4) is 0 Å². The van der Waals surface area contributed by atoms with Gasteiger partial charge in [0.15, 0.2) is 0 Å². The van der Waals surface area contributed by atoms with Crippen molar-refractivity contribution in [2.45, 2.75) is 13.1 Å². The highest BCUT2D eigenvalue weighted by Gasteiger charge is 2.04. The van der Waals surface area contributed by atoms with Gasteiger partial charge in [-0.2, -0.15) is 0 Å². The van der Waals surface area contributed by atoms with Crippen molar-refractivity contribution in [1.82, 2.24) is 10.6 Å². The lowest BCUT2D eigenvalue weighted by atomic mass is 10.2. The molecule has 0 radical (unpaired) electrons. The van der Waals surface area contributed by atoms with E-state index in [0.29, 0.717) is 23.1 Å². The molecular weight excluding hydrogens is 307 g/mol. The highest BCUT2D eigenvalue weighted by atomic mass is 35.5. The minimum Gasteiger partial charge on any atom is -0.351 e. The minimum atomic E-state index is -0.0815. The molecule has 0 aromatic heterocycles. The number of nitrogens with one attached hydrogen (secondary N) is 2. The van der Waals surface area contributed by atoms with Crippen LogP contribution in [0.5, 0.6) is 0 Å². The lowest BCUT2D eigenvalue weighted by Crippen LogP contribution is -2.33. The summed E-state index contributed by atoms with van der Waals surface area (Å²) in [6.07, 6.45) is 0. The van der Waals surface area contributed by atoms with Crippen LogP contribution in [0, 0.1) is 0 Å². The molecule has 0 saturated carbocycles. The lowest BCUT2D eigenvalue weighted by Gasteiger charge is -2.08. The van der Waals surface area contributed by atoms with Crippen molar-refractivity contribution in [2.24, 2.45) is 0 Å². The van der Waals surface area contributed by atoms with Gasteiger partial charge in [0.2, 0.25) is 5.91 Å². The van der Waals surface area contributed by atoms with Gasteiger partial charge < -0.3 is 10.6 Å². The molecule has 21 heavy (non-hydrogen) atoms. The molecule has 110 valence electrons. The van der Waals surface area contributed by atoms with Crippen molar-refractivity contribution >= 4 is 29.1 Å². The Balaban J connectivity index is 1.73. The summed E-state index contributed by atoms with van der Waals surface area (Å²) in [5, 5.41) is 7.24. The molecule has 0 aliphatic carbocycles. The van der Waals surface area contributed by atoms with Crippen LogP contribution in [-0.4, -0.2) is 12.5 Å². The molecule has 2 rings (SSSR count). The summed E-state index contributed by atoms with van der Waals surface area (Å²) < 4.78 is 0. The molecule has 3 nitrogen and oxygen atoms in total. The first-order chi connectivity index (χ1) is 10.2. The summed E-state index contributed by atoms with van der Waals surface area (Å²) >= 11 is 12.1. The molecule has 2 aromatic rings. The average molecular weight is 323 g/mol. The molecule has 0 bridgehead atoms. The van der Waals surface area contributed by atoms with E-state index in [2.05, 4.69) is 10.6 Å². The van der Waals surface area contributed by atoms with Crippen LogP contribution in [0.1, 0.15) is 11.1 Å². The summed E-state index contributed by atoms with van der Waals surface area (Å²) in [5.74, 6) is -0.0815. The topological polar surface area (TPSA) is 41.1 Å². The summed E-state index contributed by atoms with van der Waals surface area (Å²) in [6, 6.07) is 15.0. The standard InChI is InChI=1S/C16H16Cl2N2O/c17-14-7-3-1-5-12(14)9-19-11-16(21)20-10-13-6-2-4-8-15(13)18/h1-8,19H,9-11H2,(H,20,21). The third-order valence-electron chi connectivity index (χ3n) is 2.99. The first kappa shape index (κ1) is 15.8. The van der Waals surface area contributed by atoms with Crippen molar-refractivity contribution in [3.63, 3.8) is 0 Å². The van der Waals surface area contributed by atoms with Crippen LogP contribution in [-0.2, 0) is 17.9 Å². The van der Waals surface area contributed by atoms with Gasteiger partial charge >= 0.3 is 0 Å². The van der Waals surface area contributed by atoms with E-state index in [1.54, 1.807) is 6.07 Å². The summed E-state index contributed by atoms with van der Waals surface area (Å²) in [6.45, 7) is 1.21. The zero-order chi connectivity index (χ0) is 15.1. The quantitative estimate of drug-likeness (QED) is 0.855. The minimum absolute atomic E-state index is 0.0815. The highest BCUT2D eigenvalue weighted by molar-refractivity contribution is 6.31. The lowest BCUT2D eigenvalue weighted by molar-refractivity contribution is -0.120. The number of hydrogen-bond acceptors (Lipinski definition) is 2. The van der Waals surface area contributed by atoms with Crippen LogP contribution < -0.4 is 10.6 Å². The molecule has 0 saturated heterocycles. The average Bonchev–Trinajstić information content (AvgIpc) is 2.48. The number of benzene rings is 2. The van der Waals surface area contributed by atoms with Gasteiger partial charge in [0.1, 0.15) is 0 Å². The predicted octanol–water partition coefficient (Wildman–Crippen LogP) is 3.40. The largest absolute Gasteiger partial charge is 0.351 e. The van der Waals surface area contributed by atoms with E-state index in [4.69, 9.17) is 23.2 Å². The van der Waals surface area contributed by atoms with Gasteiger partial charge in [-0.15, -0.1) is 0 Å². The van der Waals surface area contributed by atoms with Crippen LogP contribution >= 0.6 is 23.2 Å². The zero-order valence-electron chi connectivity index (χ0n) is 11.4. The summed E-state index contributed by atoms with van der Waals surface area (Å²) in [4.78, 5) is 11.8. The van der Waals surface area contributed by atoms with Crippen molar-refractivity contribution in [3.8, 4) is 0 Å². The molecule has 0 heterocycles. The Labute approximate surface area is 134 Å². The first-order valence-electron chi connectivity index (χ1n) is 6.61. The van der Waals surface area contributed by atoms with E-state index in [-0.39, 0.29) is 12.5 Å². The van der Waals surface area contributed by atoms with Crippen LogP contribution in [0.2, 0.25) is 10.0 Å². The summed E-state index contributed by atoms with van der Waals surface area (Å²) in [5.41, 5.74) is 1.87. The van der Waals surface area contributed by atoms with Gasteiger partial charge in [0.25, 0.3) is 0 Å². The normalized spacial score (nSPS) is 10.4. The van der Waals surface area contributed by atoms with E-state index in [0.717, 1.165) is 11.1 Å². The number of rotatable bonds is 6. The van der Waals surface area contributed by atoms with Gasteiger partial charge in [-0.25, -0.2) is 0 Å².